The van der Waals surface area contributed by atoms with Gasteiger partial charge in [-0.05, 0) is 23.8 Å². The minimum absolute atomic E-state index is 0. The van der Waals surface area contributed by atoms with E-state index in [-0.39, 0.29) is 47.7 Å². The fraction of sp³-hybridized carbons (Fsp3) is 0.421. The van der Waals surface area contributed by atoms with Gasteiger partial charge in [0.1, 0.15) is 11.5 Å². The van der Waals surface area contributed by atoms with E-state index in [9.17, 15) is 17.6 Å². The molecule has 2 rings (SSSR count). The molecule has 6 nitrogen and oxygen atoms in total. The van der Waals surface area contributed by atoms with Gasteiger partial charge in [-0.3, -0.25) is 4.99 Å². The number of alkyl halides is 3. The third-order valence-corrected chi connectivity index (χ3v) is 4.17. The molecule has 0 saturated carbocycles. The van der Waals surface area contributed by atoms with Crippen molar-refractivity contribution in [3.8, 4) is 0 Å². The summed E-state index contributed by atoms with van der Waals surface area (Å²) in [4.78, 5) is 11.3. The first-order valence-corrected chi connectivity index (χ1v) is 8.96. The number of rotatable bonds is 7. The molecule has 0 unspecified atom stereocenters. The first kappa shape index (κ1) is 25.9. The summed E-state index contributed by atoms with van der Waals surface area (Å²) in [5, 5.41) is 8.94. The van der Waals surface area contributed by atoms with Crippen LogP contribution in [0.1, 0.15) is 25.1 Å². The molecule has 1 aromatic heterocycles. The summed E-state index contributed by atoms with van der Waals surface area (Å²) in [6.07, 6.45) is -3.46. The Morgan fingerprint density at radius 1 is 1.10 bits per heavy atom. The predicted octanol–water partition coefficient (Wildman–Crippen LogP) is 3.81. The Morgan fingerprint density at radius 3 is 2.47 bits per heavy atom. The Labute approximate surface area is 190 Å². The van der Waals surface area contributed by atoms with Gasteiger partial charge in [-0.25, -0.2) is 14.4 Å². The summed E-state index contributed by atoms with van der Waals surface area (Å²) in [6, 6.07) is 7.24. The summed E-state index contributed by atoms with van der Waals surface area (Å²) < 4.78 is 51.4. The van der Waals surface area contributed by atoms with Crippen LogP contribution in [-0.2, 0) is 11.6 Å². The first-order chi connectivity index (χ1) is 13.6. The zero-order chi connectivity index (χ0) is 21.5. The average molecular weight is 540 g/mol. The number of halogens is 5. The number of benzene rings is 1. The highest BCUT2D eigenvalue weighted by molar-refractivity contribution is 14.0. The molecule has 0 aliphatic heterocycles. The van der Waals surface area contributed by atoms with Crippen molar-refractivity contribution in [3.05, 3.63) is 53.6 Å². The van der Waals surface area contributed by atoms with Gasteiger partial charge in [-0.1, -0.05) is 26.0 Å². The molecule has 3 N–H and O–H groups in total. The zero-order valence-electron chi connectivity index (χ0n) is 16.8. The Balaban J connectivity index is 0.00000450. The Morgan fingerprint density at radius 2 is 1.83 bits per heavy atom. The molecule has 0 radical (unpaired) electrons. The number of anilines is 1. The normalized spacial score (nSPS) is 12.2. The molecule has 0 amide bonds. The second-order valence-corrected chi connectivity index (χ2v) is 6.94. The summed E-state index contributed by atoms with van der Waals surface area (Å²) in [6.45, 7) is 5.12. The van der Waals surface area contributed by atoms with Gasteiger partial charge in [0.15, 0.2) is 5.96 Å². The lowest BCUT2D eigenvalue weighted by Crippen LogP contribution is -2.44. The number of hydrogen-bond acceptors (Lipinski definition) is 4. The van der Waals surface area contributed by atoms with Crippen LogP contribution in [0.15, 0.2) is 41.5 Å². The number of hydrogen-bond donors (Lipinski definition) is 3. The van der Waals surface area contributed by atoms with Crippen LogP contribution >= 0.6 is 24.0 Å². The molecule has 0 bridgehead atoms. The van der Waals surface area contributed by atoms with Crippen LogP contribution < -0.4 is 16.0 Å². The highest BCUT2D eigenvalue weighted by Gasteiger charge is 2.32. The van der Waals surface area contributed by atoms with E-state index < -0.39 is 11.9 Å². The minimum atomic E-state index is -4.52. The third kappa shape index (κ3) is 7.92. The van der Waals surface area contributed by atoms with Gasteiger partial charge in [-0.15, -0.1) is 24.0 Å². The Hall–Kier alpha value is -2.18. The van der Waals surface area contributed by atoms with Crippen LogP contribution in [0.4, 0.5) is 23.5 Å². The van der Waals surface area contributed by atoms with Gasteiger partial charge in [0.2, 0.25) is 5.95 Å². The molecule has 2 aromatic rings. The van der Waals surface area contributed by atoms with Crippen LogP contribution in [0.5, 0.6) is 0 Å². The maximum Gasteiger partial charge on any atom is 0.433 e. The van der Waals surface area contributed by atoms with Crippen LogP contribution in [0.25, 0.3) is 0 Å². The molecule has 30 heavy (non-hydrogen) atoms. The molecule has 0 aliphatic rings. The Bertz CT molecular complexity index is 842. The van der Waals surface area contributed by atoms with E-state index in [1.165, 1.54) is 12.1 Å². The highest BCUT2D eigenvalue weighted by atomic mass is 127. The second kappa shape index (κ2) is 11.3. The van der Waals surface area contributed by atoms with Crippen LogP contribution in [0, 0.1) is 5.82 Å². The van der Waals surface area contributed by atoms with Crippen molar-refractivity contribution in [2.45, 2.75) is 25.4 Å². The fourth-order valence-corrected chi connectivity index (χ4v) is 2.49. The summed E-state index contributed by atoms with van der Waals surface area (Å²) >= 11 is 0. The molecule has 0 fully saturated rings. The van der Waals surface area contributed by atoms with Crippen molar-refractivity contribution in [2.75, 3.05) is 32.0 Å². The van der Waals surface area contributed by atoms with Crippen molar-refractivity contribution >= 4 is 35.9 Å². The van der Waals surface area contributed by atoms with E-state index in [2.05, 4.69) is 30.9 Å². The lowest BCUT2D eigenvalue weighted by molar-refractivity contribution is -0.141. The second-order valence-electron chi connectivity index (χ2n) is 6.94. The van der Waals surface area contributed by atoms with Gasteiger partial charge in [0.05, 0.1) is 0 Å². The number of guanidine groups is 1. The van der Waals surface area contributed by atoms with Crippen molar-refractivity contribution in [1.29, 1.82) is 0 Å². The molecule has 0 spiro atoms. The monoisotopic (exact) mass is 540 g/mol. The van der Waals surface area contributed by atoms with Crippen LogP contribution in [-0.4, -0.2) is 42.6 Å². The molecule has 0 atom stereocenters. The number of aromatic nitrogens is 2. The Kier molecular flexibility index (Phi) is 9.72. The van der Waals surface area contributed by atoms with Crippen molar-refractivity contribution in [2.24, 2.45) is 4.99 Å². The molecular formula is C19H25F4IN6. The van der Waals surface area contributed by atoms with Crippen molar-refractivity contribution < 1.29 is 17.6 Å². The lowest BCUT2D eigenvalue weighted by Gasteiger charge is -2.27. The first-order valence-electron chi connectivity index (χ1n) is 8.96. The van der Waals surface area contributed by atoms with Crippen LogP contribution in [0.2, 0.25) is 0 Å². The number of nitrogens with zero attached hydrogens (tertiary/aromatic N) is 3. The highest BCUT2D eigenvalue weighted by Crippen LogP contribution is 2.27. The van der Waals surface area contributed by atoms with E-state index in [1.807, 2.05) is 19.9 Å². The van der Waals surface area contributed by atoms with Gasteiger partial charge in [0, 0.05) is 38.3 Å². The smallest absolute Gasteiger partial charge is 0.356 e. The number of nitrogens with one attached hydrogen (secondary N) is 3. The summed E-state index contributed by atoms with van der Waals surface area (Å²) in [7, 11) is 1.61. The summed E-state index contributed by atoms with van der Waals surface area (Å²) in [5.41, 5.74) is -0.493. The molecule has 1 heterocycles. The third-order valence-electron chi connectivity index (χ3n) is 4.17. The van der Waals surface area contributed by atoms with E-state index in [0.29, 0.717) is 19.0 Å². The van der Waals surface area contributed by atoms with Crippen LogP contribution in [0.3, 0.4) is 0 Å². The molecular weight excluding hydrogens is 515 g/mol. The van der Waals surface area contributed by atoms with Gasteiger partial charge < -0.3 is 16.0 Å². The van der Waals surface area contributed by atoms with E-state index in [1.54, 1.807) is 13.1 Å². The topological polar surface area (TPSA) is 74.2 Å². The fourth-order valence-electron chi connectivity index (χ4n) is 2.49. The van der Waals surface area contributed by atoms with E-state index in [4.69, 9.17) is 0 Å². The molecule has 1 aromatic carbocycles. The molecule has 11 heteroatoms. The van der Waals surface area contributed by atoms with Crippen molar-refractivity contribution in [1.82, 2.24) is 20.6 Å². The minimum Gasteiger partial charge on any atom is -0.356 e. The summed E-state index contributed by atoms with van der Waals surface area (Å²) in [5.74, 6) is 0.124. The zero-order valence-corrected chi connectivity index (χ0v) is 19.2. The molecule has 0 saturated heterocycles. The van der Waals surface area contributed by atoms with Gasteiger partial charge in [-0.2, -0.15) is 13.2 Å². The van der Waals surface area contributed by atoms with Gasteiger partial charge in [0.25, 0.3) is 0 Å². The quantitative estimate of drug-likeness (QED) is 0.164. The average Bonchev–Trinajstić information content (AvgIpc) is 2.67. The lowest BCUT2D eigenvalue weighted by atomic mass is 9.84. The standard InChI is InChI=1S/C19H24F4N6.HI/c1-18(2,13-5-4-6-14(20)11-13)12-28-16(24-3)26-9-10-27-17-25-8-7-15(29-17)19(21,22)23;/h4-8,11H,9-10,12H2,1-3H3,(H2,24,26,28)(H,25,27,29);1H. The SMILES string of the molecule is CN=C(NCCNc1nccc(C(F)(F)F)n1)NCC(C)(C)c1cccc(F)c1.I. The van der Waals surface area contributed by atoms with E-state index in [0.717, 1.165) is 17.8 Å². The van der Waals surface area contributed by atoms with E-state index >= 15 is 0 Å². The maximum atomic E-state index is 13.5. The molecule has 0 aliphatic carbocycles. The number of aliphatic imine (C=N–C) groups is 1. The molecule has 166 valence electrons. The van der Waals surface area contributed by atoms with Crippen molar-refractivity contribution in [3.63, 3.8) is 0 Å². The largest absolute Gasteiger partial charge is 0.433 e. The maximum absolute atomic E-state index is 13.5. The predicted molar refractivity (Wildman–Crippen MR) is 120 cm³/mol. The van der Waals surface area contributed by atoms with Gasteiger partial charge >= 0.3 is 6.18 Å².